The second-order valence-electron chi connectivity index (χ2n) is 6.43. The molecular weight excluding hydrogens is 316 g/mol. The topological polar surface area (TPSA) is 99.3 Å². The van der Waals surface area contributed by atoms with Crippen molar-refractivity contribution in [1.29, 1.82) is 0 Å². The molecular formula is C15H22N4O5. The molecule has 0 aromatic rings. The third-order valence-electron chi connectivity index (χ3n) is 5.12. The molecule has 9 heteroatoms. The summed E-state index contributed by atoms with van der Waals surface area (Å²) < 4.78 is 0. The first-order valence-electron chi connectivity index (χ1n) is 8.14. The summed E-state index contributed by atoms with van der Waals surface area (Å²) in [5.41, 5.74) is 0. The van der Waals surface area contributed by atoms with E-state index in [1.165, 1.54) is 22.0 Å². The van der Waals surface area contributed by atoms with Crippen LogP contribution in [-0.2, 0) is 19.2 Å². The Morgan fingerprint density at radius 1 is 1.21 bits per heavy atom. The monoisotopic (exact) mass is 338 g/mol. The second-order valence-corrected chi connectivity index (χ2v) is 6.43. The first-order valence-corrected chi connectivity index (χ1v) is 8.14. The molecule has 0 saturated carbocycles. The van der Waals surface area contributed by atoms with Gasteiger partial charge in [-0.2, -0.15) is 5.06 Å². The maximum absolute atomic E-state index is 12.4. The van der Waals surface area contributed by atoms with Gasteiger partial charge in [0.2, 0.25) is 11.8 Å². The highest BCUT2D eigenvalue weighted by molar-refractivity contribution is 5.96. The molecule has 4 amide bonds. The molecule has 3 heterocycles. The van der Waals surface area contributed by atoms with E-state index in [-0.39, 0.29) is 36.2 Å². The van der Waals surface area contributed by atoms with E-state index in [9.17, 15) is 19.2 Å². The van der Waals surface area contributed by atoms with E-state index in [0.717, 1.165) is 0 Å². The van der Waals surface area contributed by atoms with Gasteiger partial charge in [0.1, 0.15) is 6.04 Å². The number of hydrogen-bond acceptors (Lipinski definition) is 5. The number of urea groups is 1. The molecule has 1 N–H and O–H groups in total. The van der Waals surface area contributed by atoms with Crippen LogP contribution in [0.15, 0.2) is 0 Å². The normalized spacial score (nSPS) is 29.4. The molecule has 0 aliphatic carbocycles. The van der Waals surface area contributed by atoms with Gasteiger partial charge in [0, 0.05) is 20.0 Å². The molecule has 3 fully saturated rings. The molecule has 3 rings (SSSR count). The van der Waals surface area contributed by atoms with Crippen molar-refractivity contribution in [3.8, 4) is 0 Å². The molecule has 0 radical (unpaired) electrons. The third kappa shape index (κ3) is 2.72. The molecule has 0 aromatic carbocycles. The Morgan fingerprint density at radius 3 is 2.58 bits per heavy atom. The van der Waals surface area contributed by atoms with E-state index in [1.54, 1.807) is 7.05 Å². The standard InChI is InChI=1S/C15H22N4O5/c1-17-10(5-6-13(17)21)12(20)7-16-14(22)11-4-3-9-8-18(11)15(23)19(9)24-2/h9-11H,3-8H2,1-2H3,(H,16,22)/t9-,10+,11+/m1/s1. The minimum Gasteiger partial charge on any atom is -0.347 e. The number of nitrogens with one attached hydrogen (secondary N) is 1. The van der Waals surface area contributed by atoms with Crippen molar-refractivity contribution in [2.75, 3.05) is 27.2 Å². The molecule has 0 unspecified atom stereocenters. The number of Topliss-reactive ketones (excluding diaryl/α,β-unsaturated/α-hetero) is 1. The van der Waals surface area contributed by atoms with Crippen LogP contribution < -0.4 is 5.32 Å². The van der Waals surface area contributed by atoms with Gasteiger partial charge in [-0.15, -0.1) is 0 Å². The zero-order valence-corrected chi connectivity index (χ0v) is 13.9. The Bertz CT molecular complexity index is 580. The van der Waals surface area contributed by atoms with Crippen molar-refractivity contribution >= 4 is 23.6 Å². The van der Waals surface area contributed by atoms with Crippen LogP contribution in [-0.4, -0.2) is 83.9 Å². The molecule has 132 valence electrons. The highest BCUT2D eigenvalue weighted by Gasteiger charge is 2.47. The zero-order chi connectivity index (χ0) is 17.4. The fourth-order valence-corrected chi connectivity index (χ4v) is 3.73. The van der Waals surface area contributed by atoms with Crippen LogP contribution in [0, 0.1) is 0 Å². The van der Waals surface area contributed by atoms with Crippen LogP contribution in [0.25, 0.3) is 0 Å². The third-order valence-corrected chi connectivity index (χ3v) is 5.12. The number of amides is 4. The number of hydrogen-bond donors (Lipinski definition) is 1. The van der Waals surface area contributed by atoms with Crippen LogP contribution in [0.1, 0.15) is 25.7 Å². The maximum atomic E-state index is 12.4. The highest BCUT2D eigenvalue weighted by atomic mass is 16.7. The minimum atomic E-state index is -0.579. The molecule has 0 aromatic heterocycles. The Kier molecular flexibility index (Phi) is 4.44. The van der Waals surface area contributed by atoms with Crippen LogP contribution >= 0.6 is 0 Å². The number of likely N-dealkylation sites (N-methyl/N-ethyl adjacent to an activating group) is 1. The zero-order valence-electron chi connectivity index (χ0n) is 13.9. The molecule has 3 saturated heterocycles. The molecule has 3 aliphatic heterocycles. The summed E-state index contributed by atoms with van der Waals surface area (Å²) in [5, 5.41) is 3.92. The highest BCUT2D eigenvalue weighted by Crippen LogP contribution is 2.29. The van der Waals surface area contributed by atoms with E-state index >= 15 is 0 Å². The lowest BCUT2D eigenvalue weighted by Crippen LogP contribution is -2.51. The number of rotatable bonds is 5. The van der Waals surface area contributed by atoms with Gasteiger partial charge in [0.15, 0.2) is 5.78 Å². The second kappa shape index (κ2) is 6.39. The quantitative estimate of drug-likeness (QED) is 0.702. The lowest BCUT2D eigenvalue weighted by atomic mass is 10.00. The summed E-state index contributed by atoms with van der Waals surface area (Å²) in [6, 6.07) is -1.38. The molecule has 0 spiro atoms. The molecule has 3 aliphatic rings. The van der Waals surface area contributed by atoms with Crippen molar-refractivity contribution in [3.05, 3.63) is 0 Å². The van der Waals surface area contributed by atoms with Crippen LogP contribution in [0.2, 0.25) is 0 Å². The summed E-state index contributed by atoms with van der Waals surface area (Å²) in [6.45, 7) is 0.329. The summed E-state index contributed by atoms with van der Waals surface area (Å²) in [6.07, 6.45) is 2.07. The Balaban J connectivity index is 1.55. The van der Waals surface area contributed by atoms with E-state index in [1.807, 2.05) is 0 Å². The van der Waals surface area contributed by atoms with Gasteiger partial charge in [-0.25, -0.2) is 4.79 Å². The predicted octanol–water partition coefficient (Wildman–Crippen LogP) is -0.877. The van der Waals surface area contributed by atoms with Gasteiger partial charge in [-0.3, -0.25) is 19.2 Å². The number of carbonyl (C=O) groups is 4. The predicted molar refractivity (Wildman–Crippen MR) is 81.6 cm³/mol. The number of hydroxylamine groups is 2. The molecule has 2 bridgehead atoms. The van der Waals surface area contributed by atoms with E-state index in [0.29, 0.717) is 32.2 Å². The summed E-state index contributed by atoms with van der Waals surface area (Å²) in [5.74, 6) is -0.572. The van der Waals surface area contributed by atoms with Gasteiger partial charge in [-0.05, 0) is 19.3 Å². The Hall–Kier alpha value is -2.16. The first kappa shape index (κ1) is 16.7. The summed E-state index contributed by atoms with van der Waals surface area (Å²) in [7, 11) is 3.04. The number of ketones is 1. The van der Waals surface area contributed by atoms with E-state index in [2.05, 4.69) is 5.32 Å². The summed E-state index contributed by atoms with van der Waals surface area (Å²) >= 11 is 0. The smallest absolute Gasteiger partial charge is 0.345 e. The first-order chi connectivity index (χ1) is 11.4. The van der Waals surface area contributed by atoms with Crippen LogP contribution in [0.5, 0.6) is 0 Å². The number of fused-ring (bicyclic) bond motifs is 2. The minimum absolute atomic E-state index is 0.0219. The van der Waals surface area contributed by atoms with Crippen molar-refractivity contribution in [1.82, 2.24) is 20.2 Å². The van der Waals surface area contributed by atoms with E-state index < -0.39 is 12.1 Å². The van der Waals surface area contributed by atoms with Crippen molar-refractivity contribution in [3.63, 3.8) is 0 Å². The lowest BCUT2D eigenvalue weighted by molar-refractivity contribution is -0.133. The lowest BCUT2D eigenvalue weighted by Gasteiger charge is -2.29. The SMILES string of the molecule is CON1C(=O)N2C[C@H]1CC[C@H]2C(=O)NCC(=O)[C@@H]1CCC(=O)N1C. The average Bonchev–Trinajstić information content (AvgIpc) is 3.03. The van der Waals surface area contributed by atoms with Crippen LogP contribution in [0.3, 0.4) is 0 Å². The van der Waals surface area contributed by atoms with Crippen LogP contribution in [0.4, 0.5) is 4.79 Å². The number of nitrogens with zero attached hydrogens (tertiary/aromatic N) is 3. The van der Waals surface area contributed by atoms with Crippen molar-refractivity contribution in [2.45, 2.75) is 43.8 Å². The molecule has 24 heavy (non-hydrogen) atoms. The van der Waals surface area contributed by atoms with Gasteiger partial charge < -0.3 is 15.1 Å². The number of carbonyl (C=O) groups excluding carboxylic acids is 4. The molecule has 3 atom stereocenters. The van der Waals surface area contributed by atoms with Gasteiger partial charge in [0.05, 0.1) is 25.7 Å². The fraction of sp³-hybridized carbons (Fsp3) is 0.733. The van der Waals surface area contributed by atoms with Crippen molar-refractivity contribution < 1.29 is 24.0 Å². The van der Waals surface area contributed by atoms with E-state index in [4.69, 9.17) is 4.84 Å². The molecule has 9 nitrogen and oxygen atoms in total. The maximum Gasteiger partial charge on any atom is 0.345 e. The number of piperidine rings is 1. The van der Waals surface area contributed by atoms with Crippen molar-refractivity contribution in [2.24, 2.45) is 0 Å². The fourth-order valence-electron chi connectivity index (χ4n) is 3.73. The number of likely N-dealkylation sites (tertiary alicyclic amines) is 1. The summed E-state index contributed by atoms with van der Waals surface area (Å²) in [4.78, 5) is 56.3. The Morgan fingerprint density at radius 2 is 1.96 bits per heavy atom. The Labute approximate surface area is 139 Å². The van der Waals surface area contributed by atoms with Gasteiger partial charge in [0.25, 0.3) is 0 Å². The largest absolute Gasteiger partial charge is 0.347 e. The average molecular weight is 338 g/mol. The van der Waals surface area contributed by atoms with Gasteiger partial charge >= 0.3 is 6.03 Å². The van der Waals surface area contributed by atoms with Gasteiger partial charge in [-0.1, -0.05) is 0 Å².